The van der Waals surface area contributed by atoms with Crippen LogP contribution < -0.4 is 4.89 Å². The first-order valence-corrected chi connectivity index (χ1v) is 28.8. The highest BCUT2D eigenvalue weighted by atomic mass is 31.2. The first kappa shape index (κ1) is 63.5. The number of rotatable bonds is 51. The lowest BCUT2D eigenvalue weighted by Crippen LogP contribution is -2.37. The van der Waals surface area contributed by atoms with Gasteiger partial charge in [-0.05, 0) is 51.4 Å². The van der Waals surface area contributed by atoms with Crippen LogP contribution in [0.15, 0.2) is 48.6 Å². The Bertz CT molecular complexity index is 1180. The molecule has 2 unspecified atom stereocenters. The highest BCUT2D eigenvalue weighted by Gasteiger charge is 2.20. The van der Waals surface area contributed by atoms with E-state index in [0.29, 0.717) is 24.1 Å². The highest BCUT2D eigenvalue weighted by Crippen LogP contribution is 2.38. The first-order valence-electron chi connectivity index (χ1n) is 27.4. The molecule has 0 radical (unpaired) electrons. The number of likely N-dealkylation sites (N-methyl/N-ethyl adjacent to an activating group) is 1. The Balaban J connectivity index is 4.05. The van der Waals surface area contributed by atoms with Crippen LogP contribution >= 0.6 is 7.82 Å². The van der Waals surface area contributed by atoms with Gasteiger partial charge in [0.1, 0.15) is 19.3 Å². The summed E-state index contributed by atoms with van der Waals surface area (Å²) in [5.74, 6) is -0.330. The van der Waals surface area contributed by atoms with Crippen LogP contribution in [0.5, 0.6) is 0 Å². The second-order valence-corrected chi connectivity index (χ2v) is 21.0. The third-order valence-electron chi connectivity index (χ3n) is 11.9. The maximum atomic E-state index is 12.8. The molecule has 0 N–H and O–H groups in total. The number of quaternary nitrogens is 1. The Morgan fingerprint density at radius 1 is 0.492 bits per heavy atom. The molecule has 0 aliphatic carbocycles. The number of unbranched alkanes of at least 4 members (excludes halogenated alkanes) is 29. The van der Waals surface area contributed by atoms with Crippen LogP contribution in [0.2, 0.25) is 0 Å². The predicted octanol–water partition coefficient (Wildman–Crippen LogP) is 16.4. The average Bonchev–Trinajstić information content (AvgIpc) is 3.27. The Kier molecular flexibility index (Phi) is 47.7. The maximum absolute atomic E-state index is 12.8. The molecule has 8 nitrogen and oxygen atoms in total. The number of ether oxygens (including phenoxy) is 2. The van der Waals surface area contributed by atoms with Crippen LogP contribution in [-0.2, 0) is 27.9 Å². The number of hydrogen-bond donors (Lipinski definition) is 0. The molecule has 0 aromatic carbocycles. The van der Waals surface area contributed by atoms with E-state index >= 15 is 0 Å². The molecule has 0 bridgehead atoms. The van der Waals surface area contributed by atoms with Gasteiger partial charge in [-0.15, -0.1) is 0 Å². The number of carbonyl (C=O) groups excluding carboxylic acids is 1. The minimum absolute atomic E-state index is 0.0269. The second-order valence-electron chi connectivity index (χ2n) is 19.6. The minimum Gasteiger partial charge on any atom is -0.756 e. The average molecular weight is 936 g/mol. The summed E-state index contributed by atoms with van der Waals surface area (Å²) in [6.07, 6.45) is 61.4. The molecule has 9 heteroatoms. The standard InChI is InChI=1S/C56H106NO7P/c1-6-8-10-12-14-16-18-20-22-24-25-26-27-28-29-30-31-32-34-36-38-40-42-44-46-48-51-61-53-55(54-63-65(59,60)62-52-50-57(3,4)5)64-56(58)49-47-45-43-41-39-37-35-33-23-21-19-17-15-13-11-9-7-2/h8,10,14,16,20,22,25-26,55H,6-7,9,11-13,15,17-19,21,23-24,27-54H2,1-5H3/b10-8-,16-14-,22-20-,26-25-. The Morgan fingerprint density at radius 3 is 1.34 bits per heavy atom. The summed E-state index contributed by atoms with van der Waals surface area (Å²) in [6.45, 7) is 5.34. The number of esters is 1. The van der Waals surface area contributed by atoms with E-state index in [1.54, 1.807) is 0 Å². The molecule has 0 amide bonds. The highest BCUT2D eigenvalue weighted by molar-refractivity contribution is 7.45. The smallest absolute Gasteiger partial charge is 0.306 e. The molecule has 0 aliphatic rings. The molecule has 65 heavy (non-hydrogen) atoms. The molecule has 0 aromatic rings. The van der Waals surface area contributed by atoms with E-state index in [1.807, 2.05) is 21.1 Å². The van der Waals surface area contributed by atoms with Crippen molar-refractivity contribution >= 4 is 13.8 Å². The van der Waals surface area contributed by atoms with Gasteiger partial charge < -0.3 is 27.9 Å². The molecule has 0 saturated carbocycles. The van der Waals surface area contributed by atoms with E-state index in [2.05, 4.69) is 62.5 Å². The van der Waals surface area contributed by atoms with Crippen LogP contribution in [-0.4, -0.2) is 70.7 Å². The van der Waals surface area contributed by atoms with Crippen LogP contribution in [0, 0.1) is 0 Å². The van der Waals surface area contributed by atoms with Gasteiger partial charge >= 0.3 is 5.97 Å². The lowest BCUT2D eigenvalue weighted by atomic mass is 10.0. The molecule has 382 valence electrons. The van der Waals surface area contributed by atoms with Crippen molar-refractivity contribution in [3.8, 4) is 0 Å². The predicted molar refractivity (Wildman–Crippen MR) is 277 cm³/mol. The van der Waals surface area contributed by atoms with Gasteiger partial charge in [0.15, 0.2) is 0 Å². The summed E-state index contributed by atoms with van der Waals surface area (Å²) in [4.78, 5) is 25.2. The molecule has 0 saturated heterocycles. The summed E-state index contributed by atoms with van der Waals surface area (Å²) in [6, 6.07) is 0. The lowest BCUT2D eigenvalue weighted by molar-refractivity contribution is -0.870. The van der Waals surface area contributed by atoms with Gasteiger partial charge in [0.25, 0.3) is 7.82 Å². The topological polar surface area (TPSA) is 94.1 Å². The molecule has 0 fully saturated rings. The SMILES string of the molecule is CC/C=C\C/C=C\C/C=C\C/C=C\CCCCCCCCCCCCCCCOCC(COP(=O)([O-])OCC[N+](C)(C)C)OC(=O)CCCCCCCCCCCCCCCCCCC. The Hall–Kier alpha value is -1.54. The first-order chi connectivity index (χ1) is 31.6. The van der Waals surface area contributed by atoms with E-state index in [-0.39, 0.29) is 25.8 Å². The fourth-order valence-electron chi connectivity index (χ4n) is 7.72. The Morgan fingerprint density at radius 2 is 0.892 bits per heavy atom. The lowest BCUT2D eigenvalue weighted by Gasteiger charge is -2.28. The number of nitrogens with zero attached hydrogens (tertiary/aromatic N) is 1. The quantitative estimate of drug-likeness (QED) is 0.0197. The molecule has 0 spiro atoms. The van der Waals surface area contributed by atoms with E-state index in [0.717, 1.165) is 57.8 Å². The maximum Gasteiger partial charge on any atom is 0.306 e. The van der Waals surface area contributed by atoms with Gasteiger partial charge in [0, 0.05) is 13.0 Å². The van der Waals surface area contributed by atoms with E-state index in [9.17, 15) is 14.3 Å². The van der Waals surface area contributed by atoms with Crippen LogP contribution in [0.3, 0.4) is 0 Å². The van der Waals surface area contributed by atoms with Crippen molar-refractivity contribution in [2.45, 2.75) is 251 Å². The summed E-state index contributed by atoms with van der Waals surface area (Å²) in [5, 5.41) is 0. The van der Waals surface area contributed by atoms with Crippen molar-refractivity contribution in [3.05, 3.63) is 48.6 Å². The largest absolute Gasteiger partial charge is 0.756 e. The molecular formula is C56H106NO7P. The van der Waals surface area contributed by atoms with Crippen molar-refractivity contribution in [2.75, 3.05) is 54.1 Å². The van der Waals surface area contributed by atoms with Crippen molar-refractivity contribution in [3.63, 3.8) is 0 Å². The molecule has 0 aliphatic heterocycles. The zero-order chi connectivity index (χ0) is 47.6. The number of allylic oxidation sites excluding steroid dienone is 8. The fourth-order valence-corrected chi connectivity index (χ4v) is 8.45. The monoisotopic (exact) mass is 936 g/mol. The molecular weight excluding hydrogens is 830 g/mol. The van der Waals surface area contributed by atoms with Crippen molar-refractivity contribution in [1.82, 2.24) is 0 Å². The fraction of sp³-hybridized carbons (Fsp3) is 0.839. The minimum atomic E-state index is -4.53. The summed E-state index contributed by atoms with van der Waals surface area (Å²) < 4.78 is 34.8. The zero-order valence-corrected chi connectivity index (χ0v) is 44.3. The van der Waals surface area contributed by atoms with Gasteiger partial charge in [0.05, 0.1) is 34.4 Å². The van der Waals surface area contributed by atoms with Gasteiger partial charge in [-0.25, -0.2) is 0 Å². The number of phosphoric acid groups is 1. The third-order valence-corrected chi connectivity index (χ3v) is 12.9. The zero-order valence-electron chi connectivity index (χ0n) is 43.4. The van der Waals surface area contributed by atoms with Gasteiger partial charge in [-0.2, -0.15) is 0 Å². The molecule has 2 atom stereocenters. The van der Waals surface area contributed by atoms with E-state index < -0.39 is 13.9 Å². The summed E-state index contributed by atoms with van der Waals surface area (Å²) in [7, 11) is 1.36. The van der Waals surface area contributed by atoms with Crippen molar-refractivity contribution < 1.29 is 37.3 Å². The van der Waals surface area contributed by atoms with Crippen molar-refractivity contribution in [2.24, 2.45) is 0 Å². The van der Waals surface area contributed by atoms with E-state index in [1.165, 1.54) is 167 Å². The Labute approximate surface area is 403 Å². The van der Waals surface area contributed by atoms with Gasteiger partial charge in [-0.3, -0.25) is 9.36 Å². The number of phosphoric ester groups is 1. The van der Waals surface area contributed by atoms with Crippen molar-refractivity contribution in [1.29, 1.82) is 0 Å². The molecule has 0 aromatic heterocycles. The molecule has 0 rings (SSSR count). The van der Waals surface area contributed by atoms with Gasteiger partial charge in [0.2, 0.25) is 0 Å². The summed E-state index contributed by atoms with van der Waals surface area (Å²) in [5.41, 5.74) is 0. The molecule has 0 heterocycles. The normalized spacial score (nSPS) is 13.9. The summed E-state index contributed by atoms with van der Waals surface area (Å²) >= 11 is 0. The second kappa shape index (κ2) is 48.9. The van der Waals surface area contributed by atoms with Crippen LogP contribution in [0.1, 0.15) is 245 Å². The number of carbonyl (C=O) groups is 1. The third kappa shape index (κ3) is 53.3. The van der Waals surface area contributed by atoms with Crippen LogP contribution in [0.4, 0.5) is 0 Å². The number of hydrogen-bond acceptors (Lipinski definition) is 7. The van der Waals surface area contributed by atoms with Gasteiger partial charge in [-0.1, -0.05) is 236 Å². The van der Waals surface area contributed by atoms with E-state index in [4.69, 9.17) is 18.5 Å². The van der Waals surface area contributed by atoms with Crippen LogP contribution in [0.25, 0.3) is 0 Å².